The van der Waals surface area contributed by atoms with Crippen molar-refractivity contribution in [3.05, 3.63) is 20.7 Å². The summed E-state index contributed by atoms with van der Waals surface area (Å²) >= 11 is 1.19. The van der Waals surface area contributed by atoms with Crippen LogP contribution >= 0.6 is 11.3 Å². The van der Waals surface area contributed by atoms with Crippen molar-refractivity contribution in [2.75, 3.05) is 19.6 Å². The lowest BCUT2D eigenvalue weighted by Gasteiger charge is -2.15. The molecule has 0 aliphatic carbocycles. The number of nitrogens with zero attached hydrogens (tertiary/aromatic N) is 2. The van der Waals surface area contributed by atoms with Crippen LogP contribution in [0.4, 0.5) is 0 Å². The molecule has 122 valence electrons. The summed E-state index contributed by atoms with van der Waals surface area (Å²) in [5.74, 6) is 0.233. The maximum absolute atomic E-state index is 11.7. The minimum absolute atomic E-state index is 0.00804. The quantitative estimate of drug-likeness (QED) is 0.728. The van der Waals surface area contributed by atoms with Crippen molar-refractivity contribution < 1.29 is 9.59 Å². The Morgan fingerprint density at radius 1 is 1.32 bits per heavy atom. The molecule has 2 rings (SSSR count). The molecule has 1 aromatic rings. The third-order valence-corrected chi connectivity index (χ3v) is 4.74. The van der Waals surface area contributed by atoms with Gasteiger partial charge < -0.3 is 14.8 Å². The Bertz CT molecular complexity index is 579. The smallest absolute Gasteiger partial charge is 0.307 e. The zero-order chi connectivity index (χ0) is 15.9. The molecular formula is C15H23N3O3S. The van der Waals surface area contributed by atoms with E-state index in [1.165, 1.54) is 11.3 Å². The topological polar surface area (TPSA) is 71.4 Å². The third kappa shape index (κ3) is 4.69. The van der Waals surface area contributed by atoms with Gasteiger partial charge >= 0.3 is 4.87 Å². The standard InChI is InChI=1S/C15H23N3O3S/c1-12-11-22-15(21)18(12)10-2-5-13(19)16-7-4-9-17-8-3-6-14(17)20/h11H,2-10H2,1H3,(H,16,19). The molecule has 1 saturated heterocycles. The molecule has 0 atom stereocenters. The van der Waals surface area contributed by atoms with Crippen molar-refractivity contribution in [1.29, 1.82) is 0 Å². The minimum Gasteiger partial charge on any atom is -0.356 e. The lowest BCUT2D eigenvalue weighted by atomic mass is 10.3. The van der Waals surface area contributed by atoms with E-state index in [-0.39, 0.29) is 16.7 Å². The number of nitrogens with one attached hydrogen (secondary N) is 1. The van der Waals surface area contributed by atoms with Crippen molar-refractivity contribution in [2.24, 2.45) is 0 Å². The number of amides is 2. The molecule has 2 heterocycles. The average molecular weight is 325 g/mol. The molecule has 0 unspecified atom stereocenters. The van der Waals surface area contributed by atoms with E-state index < -0.39 is 0 Å². The highest BCUT2D eigenvalue weighted by atomic mass is 32.1. The Morgan fingerprint density at radius 3 is 2.77 bits per heavy atom. The normalized spacial score (nSPS) is 14.6. The highest BCUT2D eigenvalue weighted by Gasteiger charge is 2.18. The number of carbonyl (C=O) groups excluding carboxylic acids is 2. The molecule has 1 aliphatic heterocycles. The molecule has 0 radical (unpaired) electrons. The molecule has 7 heteroatoms. The molecule has 1 aromatic heterocycles. The van der Waals surface area contributed by atoms with E-state index >= 15 is 0 Å². The second kappa shape index (κ2) is 8.12. The molecule has 1 fully saturated rings. The zero-order valence-corrected chi connectivity index (χ0v) is 13.8. The number of aryl methyl sites for hydroxylation is 1. The van der Waals surface area contributed by atoms with Crippen molar-refractivity contribution >= 4 is 23.2 Å². The Morgan fingerprint density at radius 2 is 2.14 bits per heavy atom. The van der Waals surface area contributed by atoms with E-state index in [9.17, 15) is 14.4 Å². The molecule has 0 saturated carbocycles. The first-order valence-electron chi connectivity index (χ1n) is 7.77. The fraction of sp³-hybridized carbons (Fsp3) is 0.667. The van der Waals surface area contributed by atoms with Crippen molar-refractivity contribution in [3.63, 3.8) is 0 Å². The van der Waals surface area contributed by atoms with Crippen molar-refractivity contribution in [1.82, 2.24) is 14.8 Å². The summed E-state index contributed by atoms with van der Waals surface area (Å²) in [5, 5.41) is 4.70. The first kappa shape index (κ1) is 16.7. The largest absolute Gasteiger partial charge is 0.356 e. The summed E-state index contributed by atoms with van der Waals surface area (Å²) in [7, 11) is 0. The van der Waals surface area contributed by atoms with E-state index in [0.717, 1.165) is 31.6 Å². The number of rotatable bonds is 8. The highest BCUT2D eigenvalue weighted by molar-refractivity contribution is 7.07. The van der Waals surface area contributed by atoms with Gasteiger partial charge in [0, 0.05) is 50.1 Å². The Kier molecular flexibility index (Phi) is 6.18. The monoisotopic (exact) mass is 325 g/mol. The Labute approximate surface area is 134 Å². The maximum atomic E-state index is 11.7. The van der Waals surface area contributed by atoms with Gasteiger partial charge in [0.1, 0.15) is 0 Å². The van der Waals surface area contributed by atoms with Crippen LogP contribution < -0.4 is 10.2 Å². The summed E-state index contributed by atoms with van der Waals surface area (Å²) in [6, 6.07) is 0. The van der Waals surface area contributed by atoms with E-state index in [2.05, 4.69) is 5.32 Å². The number of thiazole rings is 1. The summed E-state index contributed by atoms with van der Waals surface area (Å²) < 4.78 is 1.71. The predicted octanol–water partition coefficient (Wildman–Crippen LogP) is 1.13. The molecule has 1 N–H and O–H groups in total. The van der Waals surface area contributed by atoms with Gasteiger partial charge in [-0.05, 0) is 26.2 Å². The molecule has 0 aromatic carbocycles. The van der Waals surface area contributed by atoms with Gasteiger partial charge in [-0.3, -0.25) is 14.4 Å². The van der Waals surface area contributed by atoms with Crippen molar-refractivity contribution in [3.8, 4) is 0 Å². The molecule has 0 spiro atoms. The Balaban J connectivity index is 1.56. The van der Waals surface area contributed by atoms with Gasteiger partial charge in [0.2, 0.25) is 11.8 Å². The van der Waals surface area contributed by atoms with Crippen LogP contribution in [-0.4, -0.2) is 40.9 Å². The molecule has 1 aliphatic rings. The lowest BCUT2D eigenvalue weighted by molar-refractivity contribution is -0.127. The van der Waals surface area contributed by atoms with Gasteiger partial charge in [0.15, 0.2) is 0 Å². The minimum atomic E-state index is 0.00804. The molecular weight excluding hydrogens is 302 g/mol. The van der Waals surface area contributed by atoms with Gasteiger partial charge in [-0.15, -0.1) is 0 Å². The van der Waals surface area contributed by atoms with Crippen LogP contribution in [0.3, 0.4) is 0 Å². The second-order valence-corrected chi connectivity index (χ2v) is 6.41. The summed E-state index contributed by atoms with van der Waals surface area (Å²) in [4.78, 5) is 36.6. The third-order valence-electron chi connectivity index (χ3n) is 3.86. The van der Waals surface area contributed by atoms with E-state index in [1.807, 2.05) is 17.2 Å². The Hall–Kier alpha value is -1.63. The molecule has 6 nitrogen and oxygen atoms in total. The number of carbonyl (C=O) groups is 2. The first-order valence-corrected chi connectivity index (χ1v) is 8.65. The van der Waals surface area contributed by atoms with Crippen LogP contribution in [0.15, 0.2) is 10.2 Å². The van der Waals surface area contributed by atoms with Crippen molar-refractivity contribution in [2.45, 2.75) is 45.6 Å². The summed E-state index contributed by atoms with van der Waals surface area (Å²) in [6.07, 6.45) is 3.49. The highest BCUT2D eigenvalue weighted by Crippen LogP contribution is 2.09. The SMILES string of the molecule is Cc1csc(=O)n1CCCC(=O)NCCCN1CCCC1=O. The van der Waals surface area contributed by atoms with Crippen LogP contribution in [-0.2, 0) is 16.1 Å². The van der Waals surface area contributed by atoms with Crippen LogP contribution in [0.25, 0.3) is 0 Å². The average Bonchev–Trinajstić information content (AvgIpc) is 3.03. The van der Waals surface area contributed by atoms with Gasteiger partial charge in [0.05, 0.1) is 0 Å². The van der Waals surface area contributed by atoms with Crippen LogP contribution in [0.1, 0.15) is 37.8 Å². The van der Waals surface area contributed by atoms with Crippen LogP contribution in [0.2, 0.25) is 0 Å². The lowest BCUT2D eigenvalue weighted by Crippen LogP contribution is -2.30. The van der Waals surface area contributed by atoms with Crippen LogP contribution in [0.5, 0.6) is 0 Å². The van der Waals surface area contributed by atoms with Crippen LogP contribution in [0, 0.1) is 6.92 Å². The van der Waals surface area contributed by atoms with E-state index in [0.29, 0.717) is 32.4 Å². The van der Waals surface area contributed by atoms with E-state index in [1.54, 1.807) is 4.57 Å². The van der Waals surface area contributed by atoms with Gasteiger partial charge in [-0.2, -0.15) is 0 Å². The first-order chi connectivity index (χ1) is 10.6. The van der Waals surface area contributed by atoms with E-state index in [4.69, 9.17) is 0 Å². The van der Waals surface area contributed by atoms with Gasteiger partial charge in [-0.25, -0.2) is 0 Å². The molecule has 0 bridgehead atoms. The number of hydrogen-bond donors (Lipinski definition) is 1. The second-order valence-electron chi connectivity index (χ2n) is 5.59. The number of likely N-dealkylation sites (tertiary alicyclic amines) is 1. The summed E-state index contributed by atoms with van der Waals surface area (Å²) in [6.45, 7) is 4.66. The summed E-state index contributed by atoms with van der Waals surface area (Å²) in [5.41, 5.74) is 0.950. The fourth-order valence-corrected chi connectivity index (χ4v) is 3.36. The molecule has 2 amide bonds. The van der Waals surface area contributed by atoms with Gasteiger partial charge in [-0.1, -0.05) is 11.3 Å². The predicted molar refractivity (Wildman–Crippen MR) is 86.0 cm³/mol. The van der Waals surface area contributed by atoms with Gasteiger partial charge in [0.25, 0.3) is 0 Å². The number of aromatic nitrogens is 1. The fourth-order valence-electron chi connectivity index (χ4n) is 2.60. The maximum Gasteiger partial charge on any atom is 0.307 e. The zero-order valence-electron chi connectivity index (χ0n) is 13.0. The number of hydrogen-bond acceptors (Lipinski definition) is 4. The molecule has 22 heavy (non-hydrogen) atoms.